The highest BCUT2D eigenvalue weighted by molar-refractivity contribution is 5.95. The van der Waals surface area contributed by atoms with Crippen LogP contribution in [0.4, 0.5) is 0 Å². The Balaban J connectivity index is 1.86. The maximum absolute atomic E-state index is 12.4. The van der Waals surface area contributed by atoms with Gasteiger partial charge in [-0.25, -0.2) is 4.98 Å². The molecule has 1 aromatic carbocycles. The van der Waals surface area contributed by atoms with E-state index in [0.29, 0.717) is 16.8 Å². The molecule has 3 aromatic rings. The van der Waals surface area contributed by atoms with Gasteiger partial charge < -0.3 is 14.4 Å². The van der Waals surface area contributed by atoms with Gasteiger partial charge in [0.1, 0.15) is 5.65 Å². The van der Waals surface area contributed by atoms with Gasteiger partial charge in [0.05, 0.1) is 23.7 Å². The molecule has 0 saturated heterocycles. The van der Waals surface area contributed by atoms with Crippen molar-refractivity contribution in [1.82, 2.24) is 14.3 Å². The third kappa shape index (κ3) is 3.54. The number of carboxylic acid groups (broad SMARTS) is 1. The average Bonchev–Trinajstić information content (AvgIpc) is 3.08. The van der Waals surface area contributed by atoms with Crippen molar-refractivity contribution in [3.63, 3.8) is 0 Å². The molecule has 3 rings (SSSR count). The van der Waals surface area contributed by atoms with Crippen LogP contribution in [0, 0.1) is 11.3 Å². The van der Waals surface area contributed by atoms with Crippen LogP contribution in [0.2, 0.25) is 0 Å². The number of hydrogen-bond donors (Lipinski definition) is 1. The number of fused-ring (bicyclic) bond motifs is 1. The Morgan fingerprint density at radius 2 is 2.00 bits per heavy atom. The molecule has 130 valence electrons. The first-order valence-corrected chi connectivity index (χ1v) is 7.94. The lowest BCUT2D eigenvalue weighted by atomic mass is 10.1. The number of imidazole rings is 1. The highest BCUT2D eigenvalue weighted by atomic mass is 16.4. The molecule has 2 aromatic heterocycles. The fourth-order valence-corrected chi connectivity index (χ4v) is 2.55. The number of hydrogen-bond acceptors (Lipinski definition) is 4. The molecule has 0 saturated carbocycles. The number of amides is 1. The lowest BCUT2D eigenvalue weighted by Gasteiger charge is -2.15. The van der Waals surface area contributed by atoms with Crippen LogP contribution in [0.1, 0.15) is 22.3 Å². The highest BCUT2D eigenvalue weighted by Crippen LogP contribution is 2.20. The molecule has 1 amide bonds. The first kappa shape index (κ1) is 17.2. The number of carboxylic acids is 1. The lowest BCUT2D eigenvalue weighted by molar-refractivity contribution is -0.137. The summed E-state index contributed by atoms with van der Waals surface area (Å²) in [4.78, 5) is 29.0. The van der Waals surface area contributed by atoms with E-state index in [4.69, 9.17) is 10.4 Å². The van der Waals surface area contributed by atoms with Crippen LogP contribution in [0.25, 0.3) is 16.9 Å². The molecule has 0 atom stereocenters. The third-order valence-electron chi connectivity index (χ3n) is 4.02. The summed E-state index contributed by atoms with van der Waals surface area (Å²) < 4.78 is 1.81. The van der Waals surface area contributed by atoms with Crippen LogP contribution in [0.5, 0.6) is 0 Å². The smallest absolute Gasteiger partial charge is 0.305 e. The summed E-state index contributed by atoms with van der Waals surface area (Å²) in [5.41, 5.74) is 3.25. The SMILES string of the molecule is CN(CCC(=O)O)C(=O)c1ccn2cc(-c3ccc(C#N)cc3)nc2c1. The number of carbonyl (C=O) groups excluding carboxylic acids is 1. The predicted octanol–water partition coefficient (Wildman–Crippen LogP) is 2.42. The van der Waals surface area contributed by atoms with E-state index in [1.54, 1.807) is 37.5 Å². The quantitative estimate of drug-likeness (QED) is 0.763. The summed E-state index contributed by atoms with van der Waals surface area (Å²) in [6.07, 6.45) is 3.49. The average molecular weight is 348 g/mol. The van der Waals surface area contributed by atoms with Gasteiger partial charge in [-0.3, -0.25) is 9.59 Å². The zero-order valence-corrected chi connectivity index (χ0v) is 14.1. The first-order valence-electron chi connectivity index (χ1n) is 7.94. The van der Waals surface area contributed by atoms with Gasteiger partial charge >= 0.3 is 5.97 Å². The molecule has 1 N–H and O–H groups in total. The van der Waals surface area contributed by atoms with E-state index in [-0.39, 0.29) is 18.9 Å². The fourth-order valence-electron chi connectivity index (χ4n) is 2.55. The van der Waals surface area contributed by atoms with Gasteiger partial charge in [-0.2, -0.15) is 5.26 Å². The predicted molar refractivity (Wildman–Crippen MR) is 94.6 cm³/mol. The van der Waals surface area contributed by atoms with Crippen molar-refractivity contribution in [2.45, 2.75) is 6.42 Å². The molecule has 0 fully saturated rings. The number of rotatable bonds is 5. The van der Waals surface area contributed by atoms with Crippen molar-refractivity contribution in [3.8, 4) is 17.3 Å². The largest absolute Gasteiger partial charge is 0.481 e. The molecule has 0 aliphatic rings. The van der Waals surface area contributed by atoms with Crippen LogP contribution in [0.3, 0.4) is 0 Å². The van der Waals surface area contributed by atoms with E-state index in [1.807, 2.05) is 22.7 Å². The van der Waals surface area contributed by atoms with E-state index >= 15 is 0 Å². The number of pyridine rings is 1. The lowest BCUT2D eigenvalue weighted by Crippen LogP contribution is -2.29. The molecule has 0 aliphatic carbocycles. The van der Waals surface area contributed by atoms with Gasteiger partial charge in [-0.05, 0) is 24.3 Å². The molecular weight excluding hydrogens is 332 g/mol. The van der Waals surface area contributed by atoms with E-state index in [9.17, 15) is 9.59 Å². The second kappa shape index (κ2) is 7.07. The van der Waals surface area contributed by atoms with Gasteiger partial charge in [0.25, 0.3) is 5.91 Å². The molecule has 0 spiro atoms. The highest BCUT2D eigenvalue weighted by Gasteiger charge is 2.14. The number of benzene rings is 1. The van der Waals surface area contributed by atoms with Crippen molar-refractivity contribution in [2.24, 2.45) is 0 Å². The Kier molecular flexibility index (Phi) is 4.67. The Labute approximate surface area is 149 Å². The van der Waals surface area contributed by atoms with Crippen molar-refractivity contribution in [1.29, 1.82) is 5.26 Å². The van der Waals surface area contributed by atoms with Crippen molar-refractivity contribution in [3.05, 3.63) is 59.9 Å². The number of aliphatic carboxylic acids is 1. The Hall–Kier alpha value is -3.66. The van der Waals surface area contributed by atoms with E-state index in [1.165, 1.54) is 4.90 Å². The monoisotopic (exact) mass is 348 g/mol. The van der Waals surface area contributed by atoms with Crippen molar-refractivity contribution in [2.75, 3.05) is 13.6 Å². The molecule has 7 heteroatoms. The van der Waals surface area contributed by atoms with E-state index in [2.05, 4.69) is 11.1 Å². The molecule has 0 radical (unpaired) electrons. The molecule has 0 bridgehead atoms. The summed E-state index contributed by atoms with van der Waals surface area (Å²) in [7, 11) is 1.57. The molecular formula is C19H16N4O3. The zero-order valence-electron chi connectivity index (χ0n) is 14.1. The minimum Gasteiger partial charge on any atom is -0.481 e. The van der Waals surface area contributed by atoms with Crippen LogP contribution in [-0.2, 0) is 4.79 Å². The Morgan fingerprint density at radius 3 is 2.65 bits per heavy atom. The van der Waals surface area contributed by atoms with Gasteiger partial charge in [-0.15, -0.1) is 0 Å². The zero-order chi connectivity index (χ0) is 18.7. The maximum Gasteiger partial charge on any atom is 0.305 e. The first-order chi connectivity index (χ1) is 12.5. The van der Waals surface area contributed by atoms with E-state index < -0.39 is 5.97 Å². The maximum atomic E-state index is 12.4. The van der Waals surface area contributed by atoms with Crippen LogP contribution in [-0.4, -0.2) is 44.9 Å². The number of carbonyl (C=O) groups is 2. The summed E-state index contributed by atoms with van der Waals surface area (Å²) in [5.74, 6) is -1.20. The van der Waals surface area contributed by atoms with Crippen LogP contribution in [0.15, 0.2) is 48.8 Å². The third-order valence-corrected chi connectivity index (χ3v) is 4.02. The number of nitriles is 1. The number of nitrogens with zero attached hydrogens (tertiary/aromatic N) is 4. The summed E-state index contributed by atoms with van der Waals surface area (Å²) >= 11 is 0. The number of aromatic nitrogens is 2. The fraction of sp³-hybridized carbons (Fsp3) is 0.158. The van der Waals surface area contributed by atoms with Crippen molar-refractivity contribution >= 4 is 17.5 Å². The molecule has 2 heterocycles. The molecule has 7 nitrogen and oxygen atoms in total. The standard InChI is InChI=1S/C19H16N4O3/c1-22(8-7-18(24)25)19(26)15-6-9-23-12-16(21-17(23)10-15)14-4-2-13(11-20)3-5-14/h2-6,9-10,12H,7-8H2,1H3,(H,24,25). The topological polar surface area (TPSA) is 98.7 Å². The second-order valence-electron chi connectivity index (χ2n) is 5.87. The van der Waals surface area contributed by atoms with E-state index in [0.717, 1.165) is 11.3 Å². The Bertz CT molecular complexity index is 1020. The minimum atomic E-state index is -0.944. The van der Waals surface area contributed by atoms with Gasteiger partial charge in [0.15, 0.2) is 0 Å². The normalized spacial score (nSPS) is 10.5. The van der Waals surface area contributed by atoms with Gasteiger partial charge in [0, 0.05) is 37.1 Å². The molecule has 26 heavy (non-hydrogen) atoms. The van der Waals surface area contributed by atoms with Crippen LogP contribution < -0.4 is 0 Å². The Morgan fingerprint density at radius 1 is 1.27 bits per heavy atom. The molecule has 0 unspecified atom stereocenters. The van der Waals surface area contributed by atoms with Crippen LogP contribution >= 0.6 is 0 Å². The minimum absolute atomic E-state index is 0.100. The summed E-state index contributed by atoms with van der Waals surface area (Å²) in [6, 6.07) is 12.5. The van der Waals surface area contributed by atoms with Gasteiger partial charge in [0.2, 0.25) is 0 Å². The summed E-state index contributed by atoms with van der Waals surface area (Å²) in [6.45, 7) is 0.143. The second-order valence-corrected chi connectivity index (χ2v) is 5.87. The summed E-state index contributed by atoms with van der Waals surface area (Å²) in [5, 5.41) is 17.6. The van der Waals surface area contributed by atoms with Gasteiger partial charge in [-0.1, -0.05) is 12.1 Å². The van der Waals surface area contributed by atoms with Crippen molar-refractivity contribution < 1.29 is 14.7 Å². The molecule has 0 aliphatic heterocycles.